The molecule has 3 aromatic rings. The molecular weight excluding hydrogens is 442 g/mol. The van der Waals surface area contributed by atoms with E-state index in [-0.39, 0.29) is 28.8 Å². The van der Waals surface area contributed by atoms with Crippen LogP contribution in [0.1, 0.15) is 41.2 Å². The highest BCUT2D eigenvalue weighted by molar-refractivity contribution is 7.89. The van der Waals surface area contributed by atoms with Crippen molar-refractivity contribution in [1.82, 2.24) is 14.8 Å². The third-order valence-corrected chi connectivity index (χ3v) is 7.74. The third-order valence-electron chi connectivity index (χ3n) is 5.72. The summed E-state index contributed by atoms with van der Waals surface area (Å²) < 4.78 is 38.8. The highest BCUT2D eigenvalue weighted by Crippen LogP contribution is 2.29. The molecular formula is C24H27N3O5S. The summed E-state index contributed by atoms with van der Waals surface area (Å²) in [5.41, 5.74) is 2.43. The van der Waals surface area contributed by atoms with Gasteiger partial charge in [-0.15, -0.1) is 0 Å². The topological polar surface area (TPSA) is 106 Å². The molecule has 0 unspecified atom stereocenters. The molecule has 1 aliphatic rings. The fourth-order valence-electron chi connectivity index (χ4n) is 3.89. The first-order valence-electron chi connectivity index (χ1n) is 10.9. The summed E-state index contributed by atoms with van der Waals surface area (Å²) >= 11 is 0. The molecule has 0 spiro atoms. The Hall–Kier alpha value is -3.17. The fraction of sp³-hybridized carbons (Fsp3) is 0.333. The number of piperidine rings is 1. The van der Waals surface area contributed by atoms with Crippen molar-refractivity contribution in [3.8, 4) is 0 Å². The number of benzene rings is 1. The van der Waals surface area contributed by atoms with Gasteiger partial charge in [-0.1, -0.05) is 35.0 Å². The van der Waals surface area contributed by atoms with E-state index in [0.717, 1.165) is 11.1 Å². The summed E-state index contributed by atoms with van der Waals surface area (Å²) in [6.07, 6.45) is 5.92. The van der Waals surface area contributed by atoms with E-state index in [9.17, 15) is 13.2 Å². The Bertz CT molecular complexity index is 1230. The average Bonchev–Trinajstić information content (AvgIpc) is 3.47. The molecule has 4 rings (SSSR count). The van der Waals surface area contributed by atoms with Gasteiger partial charge < -0.3 is 14.3 Å². The molecule has 0 radical (unpaired) electrons. The zero-order valence-electron chi connectivity index (χ0n) is 18.7. The number of furan rings is 1. The Kier molecular flexibility index (Phi) is 6.80. The van der Waals surface area contributed by atoms with Crippen LogP contribution in [-0.2, 0) is 21.4 Å². The molecule has 33 heavy (non-hydrogen) atoms. The average molecular weight is 470 g/mol. The monoisotopic (exact) mass is 469 g/mol. The lowest BCUT2D eigenvalue weighted by molar-refractivity contribution is -0.126. The number of hydrogen-bond acceptors (Lipinski definition) is 6. The second-order valence-corrected chi connectivity index (χ2v) is 10.1. The molecule has 8 nitrogen and oxygen atoms in total. The van der Waals surface area contributed by atoms with Crippen molar-refractivity contribution in [1.29, 1.82) is 0 Å². The van der Waals surface area contributed by atoms with Crippen molar-refractivity contribution < 1.29 is 22.2 Å². The molecule has 3 heterocycles. The van der Waals surface area contributed by atoms with Gasteiger partial charge in [0.05, 0.1) is 12.2 Å². The summed E-state index contributed by atoms with van der Waals surface area (Å²) in [6, 6.07) is 11.4. The van der Waals surface area contributed by atoms with E-state index in [4.69, 9.17) is 8.94 Å². The smallest absolute Gasteiger partial charge is 0.248 e. The molecule has 1 aliphatic heterocycles. The Morgan fingerprint density at radius 1 is 1.21 bits per heavy atom. The van der Waals surface area contributed by atoms with Crippen molar-refractivity contribution in [2.45, 2.75) is 38.1 Å². The fourth-order valence-corrected chi connectivity index (χ4v) is 5.66. The van der Waals surface area contributed by atoms with Gasteiger partial charge in [-0.3, -0.25) is 4.79 Å². The first kappa shape index (κ1) is 23.0. The number of carbonyl (C=O) groups is 1. The molecule has 0 saturated carbocycles. The Labute approximate surface area is 193 Å². The number of rotatable bonds is 7. The van der Waals surface area contributed by atoms with Gasteiger partial charge in [-0.25, -0.2) is 8.42 Å². The number of amides is 1. The summed E-state index contributed by atoms with van der Waals surface area (Å²) in [5.74, 6) is 0.141. The number of carbonyl (C=O) groups excluding carboxylic acids is 1. The zero-order chi connectivity index (χ0) is 23.4. The van der Waals surface area contributed by atoms with Gasteiger partial charge in [-0.2, -0.15) is 4.31 Å². The van der Waals surface area contributed by atoms with E-state index in [2.05, 4.69) is 10.5 Å². The van der Waals surface area contributed by atoms with Gasteiger partial charge in [0.1, 0.15) is 11.5 Å². The standard InChI is InChI=1S/C24H27N3O5S/c1-17-7-9-19(10-8-17)15-25-24(28)20-5-3-13-27(16-20)33(29,30)23-18(2)26-32-22(23)12-11-21-6-4-14-31-21/h4,6-12,14,20H,3,5,13,15-16H2,1-2H3,(H,25,28)/b12-11+/t20-/m0/s1. The molecule has 174 valence electrons. The van der Waals surface area contributed by atoms with Crippen molar-refractivity contribution in [3.63, 3.8) is 0 Å². The van der Waals surface area contributed by atoms with Crippen LogP contribution in [0.15, 0.2) is 56.5 Å². The Morgan fingerprint density at radius 2 is 2.00 bits per heavy atom. The lowest BCUT2D eigenvalue weighted by Gasteiger charge is -2.31. The van der Waals surface area contributed by atoms with Crippen molar-refractivity contribution >= 4 is 28.1 Å². The summed E-state index contributed by atoms with van der Waals surface area (Å²) in [7, 11) is -3.89. The highest BCUT2D eigenvalue weighted by Gasteiger charge is 2.36. The molecule has 1 atom stereocenters. The van der Waals surface area contributed by atoms with Crippen LogP contribution >= 0.6 is 0 Å². The third kappa shape index (κ3) is 5.26. The van der Waals surface area contributed by atoms with E-state index >= 15 is 0 Å². The van der Waals surface area contributed by atoms with Crippen molar-refractivity contribution in [3.05, 3.63) is 71.0 Å². The molecule has 1 amide bonds. The molecule has 9 heteroatoms. The normalized spacial score (nSPS) is 17.5. The molecule has 1 aromatic carbocycles. The molecule has 1 fully saturated rings. The predicted octanol–water partition coefficient (Wildman–Crippen LogP) is 3.77. The number of sulfonamides is 1. The van der Waals surface area contributed by atoms with Crippen LogP contribution in [0.2, 0.25) is 0 Å². The first-order valence-corrected chi connectivity index (χ1v) is 12.3. The van der Waals surface area contributed by atoms with Crippen LogP contribution in [0.4, 0.5) is 0 Å². The van der Waals surface area contributed by atoms with Crippen molar-refractivity contribution in [2.24, 2.45) is 5.92 Å². The zero-order valence-corrected chi connectivity index (χ0v) is 19.5. The van der Waals surface area contributed by atoms with E-state index in [0.29, 0.717) is 31.7 Å². The van der Waals surface area contributed by atoms with Gasteiger partial charge >= 0.3 is 0 Å². The van der Waals surface area contributed by atoms with Gasteiger partial charge in [0.2, 0.25) is 15.9 Å². The molecule has 1 saturated heterocycles. The van der Waals surface area contributed by atoms with Gasteiger partial charge in [0, 0.05) is 19.6 Å². The maximum absolute atomic E-state index is 13.5. The number of hydrogen-bond donors (Lipinski definition) is 1. The van der Waals surface area contributed by atoms with Crippen molar-refractivity contribution in [2.75, 3.05) is 13.1 Å². The molecule has 2 aromatic heterocycles. The van der Waals surface area contributed by atoms with E-state index in [1.165, 1.54) is 16.6 Å². The molecule has 0 aliphatic carbocycles. The Morgan fingerprint density at radius 3 is 2.73 bits per heavy atom. The molecule has 1 N–H and O–H groups in total. The summed E-state index contributed by atoms with van der Waals surface area (Å²) in [5, 5.41) is 6.80. The van der Waals surface area contributed by atoms with Crippen LogP contribution in [0.25, 0.3) is 12.2 Å². The highest BCUT2D eigenvalue weighted by atomic mass is 32.2. The van der Waals surface area contributed by atoms with E-state index in [1.807, 2.05) is 31.2 Å². The van der Waals surface area contributed by atoms with Crippen LogP contribution < -0.4 is 5.32 Å². The van der Waals surface area contributed by atoms with E-state index < -0.39 is 15.9 Å². The van der Waals surface area contributed by atoms with Crippen LogP contribution in [0.3, 0.4) is 0 Å². The number of aromatic nitrogens is 1. The quantitative estimate of drug-likeness (QED) is 0.565. The number of aryl methyl sites for hydroxylation is 2. The maximum Gasteiger partial charge on any atom is 0.248 e. The Balaban J connectivity index is 1.46. The minimum absolute atomic E-state index is 0.0195. The summed E-state index contributed by atoms with van der Waals surface area (Å²) in [6.45, 7) is 4.48. The van der Waals surface area contributed by atoms with Gasteiger partial charge in [-0.05, 0) is 56.5 Å². The van der Waals surface area contributed by atoms with Crippen LogP contribution in [0, 0.1) is 19.8 Å². The second kappa shape index (κ2) is 9.76. The lowest BCUT2D eigenvalue weighted by Crippen LogP contribution is -2.45. The SMILES string of the molecule is Cc1ccc(CNC(=O)[C@H]2CCCN(S(=O)(=O)c3c(C)noc3/C=C/c3ccco3)C2)cc1. The predicted molar refractivity (Wildman–Crippen MR) is 123 cm³/mol. The second-order valence-electron chi connectivity index (χ2n) is 8.22. The maximum atomic E-state index is 13.5. The molecule has 0 bridgehead atoms. The van der Waals surface area contributed by atoms with Crippen LogP contribution in [0.5, 0.6) is 0 Å². The van der Waals surface area contributed by atoms with Crippen LogP contribution in [-0.4, -0.2) is 36.9 Å². The largest absolute Gasteiger partial charge is 0.465 e. The first-order chi connectivity index (χ1) is 15.8. The van der Waals surface area contributed by atoms with E-state index in [1.54, 1.807) is 25.1 Å². The lowest BCUT2D eigenvalue weighted by atomic mass is 9.98. The van der Waals surface area contributed by atoms with Gasteiger partial charge in [0.25, 0.3) is 0 Å². The minimum atomic E-state index is -3.89. The number of nitrogens with one attached hydrogen (secondary N) is 1. The van der Waals surface area contributed by atoms with Gasteiger partial charge in [0.15, 0.2) is 10.7 Å². The number of nitrogens with zero attached hydrogens (tertiary/aromatic N) is 2. The summed E-state index contributed by atoms with van der Waals surface area (Å²) in [4.78, 5) is 12.8. The minimum Gasteiger partial charge on any atom is -0.465 e.